The fourth-order valence-corrected chi connectivity index (χ4v) is 3.49. The Hall–Kier alpha value is -3.30. The maximum Gasteiger partial charge on any atom is 0.328 e. The molecular formula is C26H36N2O7. The van der Waals surface area contributed by atoms with Crippen LogP contribution in [0.15, 0.2) is 42.5 Å². The van der Waals surface area contributed by atoms with Gasteiger partial charge in [-0.2, -0.15) is 5.48 Å². The summed E-state index contributed by atoms with van der Waals surface area (Å²) < 4.78 is 15.6. The van der Waals surface area contributed by atoms with E-state index in [1.807, 2.05) is 44.2 Å². The van der Waals surface area contributed by atoms with E-state index in [1.165, 1.54) is 14.2 Å². The van der Waals surface area contributed by atoms with Gasteiger partial charge in [-0.1, -0.05) is 44.2 Å². The molecule has 0 fully saturated rings. The monoisotopic (exact) mass is 488 g/mol. The number of carbonyl (C=O) groups is 2. The van der Waals surface area contributed by atoms with Crippen LogP contribution in [0.4, 0.5) is 0 Å². The number of hydrogen-bond donors (Lipinski definition) is 3. The SMILES string of the molecule is CCOC(=O)[C@H](Cc1cc(OC)c(O)c(OC)c1)NC(=O)[C@H](CC(C)C)NOCc1ccccc1. The fraction of sp³-hybridized carbons (Fsp3) is 0.462. The van der Waals surface area contributed by atoms with Crippen molar-refractivity contribution in [3.05, 3.63) is 53.6 Å². The summed E-state index contributed by atoms with van der Waals surface area (Å²) in [6, 6.07) is 11.1. The van der Waals surface area contributed by atoms with Crippen LogP contribution in [-0.4, -0.2) is 49.9 Å². The van der Waals surface area contributed by atoms with Crippen molar-refractivity contribution in [2.45, 2.75) is 52.3 Å². The summed E-state index contributed by atoms with van der Waals surface area (Å²) in [5.41, 5.74) is 4.42. The third-order valence-corrected chi connectivity index (χ3v) is 5.20. The number of ether oxygens (including phenoxy) is 3. The molecule has 3 N–H and O–H groups in total. The number of aromatic hydroxyl groups is 1. The second-order valence-electron chi connectivity index (χ2n) is 8.44. The largest absolute Gasteiger partial charge is 0.502 e. The molecule has 0 bridgehead atoms. The van der Waals surface area contributed by atoms with Crippen LogP contribution in [0, 0.1) is 5.92 Å². The number of nitrogens with one attached hydrogen (secondary N) is 2. The van der Waals surface area contributed by atoms with Crippen molar-refractivity contribution in [2.24, 2.45) is 5.92 Å². The quantitative estimate of drug-likeness (QED) is 0.274. The lowest BCUT2D eigenvalue weighted by Crippen LogP contribution is -2.51. The highest BCUT2D eigenvalue weighted by atomic mass is 16.6. The van der Waals surface area contributed by atoms with E-state index in [1.54, 1.807) is 19.1 Å². The lowest BCUT2D eigenvalue weighted by molar-refractivity contribution is -0.148. The molecular weight excluding hydrogens is 452 g/mol. The van der Waals surface area contributed by atoms with Crippen molar-refractivity contribution >= 4 is 11.9 Å². The highest BCUT2D eigenvalue weighted by Gasteiger charge is 2.28. The normalized spacial score (nSPS) is 12.6. The molecule has 35 heavy (non-hydrogen) atoms. The van der Waals surface area contributed by atoms with Crippen LogP contribution in [0.5, 0.6) is 17.2 Å². The number of rotatable bonds is 14. The first kappa shape index (κ1) is 27.9. The smallest absolute Gasteiger partial charge is 0.328 e. The summed E-state index contributed by atoms with van der Waals surface area (Å²) in [6.07, 6.45) is 0.605. The molecule has 9 nitrogen and oxygen atoms in total. The summed E-state index contributed by atoms with van der Waals surface area (Å²) in [7, 11) is 2.83. The van der Waals surface area contributed by atoms with E-state index in [2.05, 4.69) is 10.8 Å². The maximum atomic E-state index is 13.2. The Kier molecular flexibility index (Phi) is 11.3. The molecule has 0 aliphatic heterocycles. The summed E-state index contributed by atoms with van der Waals surface area (Å²) >= 11 is 0. The van der Waals surface area contributed by atoms with Crippen molar-refractivity contribution < 1.29 is 33.7 Å². The van der Waals surface area contributed by atoms with Crippen molar-refractivity contribution in [1.82, 2.24) is 10.8 Å². The summed E-state index contributed by atoms with van der Waals surface area (Å²) in [5, 5.41) is 13.0. The average Bonchev–Trinajstić information content (AvgIpc) is 2.84. The summed E-state index contributed by atoms with van der Waals surface area (Å²) in [5.74, 6) is -0.510. The van der Waals surface area contributed by atoms with E-state index >= 15 is 0 Å². The van der Waals surface area contributed by atoms with Gasteiger partial charge in [0.2, 0.25) is 11.7 Å². The molecule has 0 radical (unpaired) electrons. The summed E-state index contributed by atoms with van der Waals surface area (Å²) in [4.78, 5) is 31.5. The van der Waals surface area contributed by atoms with E-state index in [4.69, 9.17) is 19.0 Å². The van der Waals surface area contributed by atoms with Gasteiger partial charge in [-0.25, -0.2) is 4.79 Å². The Labute approximate surface area is 206 Å². The van der Waals surface area contributed by atoms with Crippen LogP contribution < -0.4 is 20.3 Å². The van der Waals surface area contributed by atoms with Crippen molar-refractivity contribution in [3.63, 3.8) is 0 Å². The minimum absolute atomic E-state index is 0.108. The molecule has 0 aliphatic rings. The Balaban J connectivity index is 2.17. The first-order valence-corrected chi connectivity index (χ1v) is 11.6. The molecule has 9 heteroatoms. The average molecular weight is 489 g/mol. The van der Waals surface area contributed by atoms with Gasteiger partial charge in [0.15, 0.2) is 11.5 Å². The number of phenols is 1. The Morgan fingerprint density at radius 1 is 0.971 bits per heavy atom. The molecule has 2 atom stereocenters. The van der Waals surface area contributed by atoms with Crippen molar-refractivity contribution in [1.29, 1.82) is 0 Å². The Morgan fingerprint density at radius 2 is 1.60 bits per heavy atom. The minimum Gasteiger partial charge on any atom is -0.502 e. The van der Waals surface area contributed by atoms with Crippen molar-refractivity contribution in [3.8, 4) is 17.2 Å². The van der Waals surface area contributed by atoms with Gasteiger partial charge >= 0.3 is 5.97 Å². The zero-order chi connectivity index (χ0) is 25.8. The first-order valence-electron chi connectivity index (χ1n) is 11.6. The first-order chi connectivity index (χ1) is 16.8. The number of esters is 1. The summed E-state index contributed by atoms with van der Waals surface area (Å²) in [6.45, 7) is 6.15. The molecule has 0 saturated carbocycles. The number of methoxy groups -OCH3 is 2. The number of hydrogen-bond acceptors (Lipinski definition) is 8. The molecule has 0 spiro atoms. The number of hydroxylamine groups is 1. The lowest BCUT2D eigenvalue weighted by atomic mass is 10.0. The predicted octanol–water partition coefficient (Wildman–Crippen LogP) is 3.14. The fourth-order valence-electron chi connectivity index (χ4n) is 3.49. The zero-order valence-electron chi connectivity index (χ0n) is 21.0. The van der Waals surface area contributed by atoms with Crippen LogP contribution >= 0.6 is 0 Å². The second-order valence-corrected chi connectivity index (χ2v) is 8.44. The second kappa shape index (κ2) is 14.2. The minimum atomic E-state index is -0.966. The van der Waals surface area contributed by atoms with Crippen LogP contribution in [-0.2, 0) is 32.2 Å². The van der Waals surface area contributed by atoms with Gasteiger partial charge in [0.1, 0.15) is 12.1 Å². The zero-order valence-corrected chi connectivity index (χ0v) is 21.0. The third-order valence-electron chi connectivity index (χ3n) is 5.20. The molecule has 1 amide bonds. The molecule has 0 unspecified atom stereocenters. The number of amides is 1. The molecule has 2 aromatic rings. The predicted molar refractivity (Wildman–Crippen MR) is 131 cm³/mol. The number of phenolic OH excluding ortho intramolecular Hbond substituents is 1. The topological polar surface area (TPSA) is 115 Å². The van der Waals surface area contributed by atoms with Gasteiger partial charge in [0, 0.05) is 6.42 Å². The lowest BCUT2D eigenvalue weighted by Gasteiger charge is -2.24. The highest BCUT2D eigenvalue weighted by Crippen LogP contribution is 2.37. The molecule has 0 aromatic heterocycles. The van der Waals surface area contributed by atoms with E-state index in [-0.39, 0.29) is 48.7 Å². The molecule has 0 heterocycles. The standard InChI is InChI=1S/C26H36N2O7/c1-6-34-26(31)21(13-19-14-22(32-4)24(29)23(15-19)33-5)27-25(30)20(12-17(2)3)28-35-16-18-10-8-7-9-11-18/h7-11,14-15,17,20-21,28-29H,6,12-13,16H2,1-5H3,(H,27,30)/t20-,21-/m0/s1. The van der Waals surface area contributed by atoms with Crippen molar-refractivity contribution in [2.75, 3.05) is 20.8 Å². The van der Waals surface area contributed by atoms with Gasteiger partial charge in [0.05, 0.1) is 27.4 Å². The van der Waals surface area contributed by atoms with Crippen LogP contribution in [0.1, 0.15) is 38.3 Å². The van der Waals surface area contributed by atoms with E-state index in [0.29, 0.717) is 12.0 Å². The van der Waals surface area contributed by atoms with Gasteiger partial charge in [-0.3, -0.25) is 9.63 Å². The number of benzene rings is 2. The maximum absolute atomic E-state index is 13.2. The van der Waals surface area contributed by atoms with E-state index < -0.39 is 18.1 Å². The molecule has 0 aliphatic carbocycles. The van der Waals surface area contributed by atoms with Gasteiger partial charge in [-0.05, 0) is 42.5 Å². The van der Waals surface area contributed by atoms with Crippen LogP contribution in [0.2, 0.25) is 0 Å². The van der Waals surface area contributed by atoms with Gasteiger partial charge in [-0.15, -0.1) is 0 Å². The van der Waals surface area contributed by atoms with E-state index in [9.17, 15) is 14.7 Å². The molecule has 192 valence electrons. The van der Waals surface area contributed by atoms with Crippen LogP contribution in [0.3, 0.4) is 0 Å². The molecule has 0 saturated heterocycles. The molecule has 2 rings (SSSR count). The van der Waals surface area contributed by atoms with E-state index in [0.717, 1.165) is 5.56 Å². The highest BCUT2D eigenvalue weighted by molar-refractivity contribution is 5.87. The third kappa shape index (κ3) is 8.77. The van der Waals surface area contributed by atoms with Gasteiger partial charge in [0.25, 0.3) is 0 Å². The number of carbonyl (C=O) groups excluding carboxylic acids is 2. The van der Waals surface area contributed by atoms with Crippen LogP contribution in [0.25, 0.3) is 0 Å². The van der Waals surface area contributed by atoms with Gasteiger partial charge < -0.3 is 24.6 Å². The Bertz CT molecular complexity index is 925. The Morgan fingerprint density at radius 3 is 2.14 bits per heavy atom. The molecule has 2 aromatic carbocycles.